The lowest BCUT2D eigenvalue weighted by Crippen LogP contribution is -2.42. The molecule has 7 nitrogen and oxygen atoms in total. The van der Waals surface area contributed by atoms with Gasteiger partial charge in [-0.2, -0.15) is 5.26 Å². The number of ether oxygens (including phenoxy) is 1. The van der Waals surface area contributed by atoms with Gasteiger partial charge in [-0.15, -0.1) is 0 Å². The molecule has 33 heavy (non-hydrogen) atoms. The van der Waals surface area contributed by atoms with Crippen LogP contribution in [-0.4, -0.2) is 42.0 Å². The van der Waals surface area contributed by atoms with Crippen molar-refractivity contribution in [3.8, 4) is 17.3 Å². The van der Waals surface area contributed by atoms with Crippen molar-refractivity contribution >= 4 is 11.5 Å². The Labute approximate surface area is 190 Å². The number of hydrogen-bond acceptors (Lipinski definition) is 6. The monoisotopic (exact) mass is 453 g/mol. The number of rotatable bonds is 4. The van der Waals surface area contributed by atoms with Crippen LogP contribution in [0.2, 0.25) is 0 Å². The molecule has 172 valence electrons. The summed E-state index contributed by atoms with van der Waals surface area (Å²) >= 11 is 0. The number of piperidine rings is 1. The van der Waals surface area contributed by atoms with Crippen molar-refractivity contribution in [2.75, 3.05) is 25.1 Å². The van der Waals surface area contributed by atoms with Crippen LogP contribution < -0.4 is 16.2 Å². The van der Waals surface area contributed by atoms with Crippen molar-refractivity contribution in [3.63, 3.8) is 0 Å². The second kappa shape index (κ2) is 9.16. The number of hydrogen-bond donors (Lipinski definition) is 1. The number of aromatic nitrogens is 2. The second-order valence-corrected chi connectivity index (χ2v) is 8.27. The first-order chi connectivity index (χ1) is 15.8. The molecule has 1 fully saturated rings. The first-order valence-electron chi connectivity index (χ1n) is 10.7. The van der Waals surface area contributed by atoms with E-state index in [1.807, 2.05) is 4.90 Å². The van der Waals surface area contributed by atoms with Crippen LogP contribution in [-0.2, 0) is 11.8 Å². The molecular weight excluding hydrogens is 428 g/mol. The predicted molar refractivity (Wildman–Crippen MR) is 122 cm³/mol. The maximum atomic E-state index is 14.6. The zero-order chi connectivity index (χ0) is 23.7. The number of halogens is 2. The molecule has 1 atom stereocenters. The summed E-state index contributed by atoms with van der Waals surface area (Å²) < 4.78 is 35.6. The molecule has 2 aliphatic rings. The molecular formula is C24H25F2N5O2. The van der Waals surface area contributed by atoms with Crippen LogP contribution in [0.5, 0.6) is 0 Å². The van der Waals surface area contributed by atoms with E-state index in [2.05, 4.69) is 0 Å². The number of allylic oxidation sites excluding steroid dienone is 4. The molecule has 2 N–H and O–H groups in total. The molecule has 1 saturated heterocycles. The molecule has 0 radical (unpaired) electrons. The van der Waals surface area contributed by atoms with Crippen LogP contribution in [0.4, 0.5) is 14.7 Å². The van der Waals surface area contributed by atoms with Crippen LogP contribution in [0.15, 0.2) is 40.9 Å². The third-order valence-electron chi connectivity index (χ3n) is 6.17. The normalized spacial score (nSPS) is 19.0. The summed E-state index contributed by atoms with van der Waals surface area (Å²) in [4.78, 5) is 20.3. The van der Waals surface area contributed by atoms with Crippen molar-refractivity contribution < 1.29 is 13.5 Å². The van der Waals surface area contributed by atoms with Gasteiger partial charge in [-0.3, -0.25) is 9.36 Å². The number of nitrogens with zero attached hydrogens (tertiary/aromatic N) is 4. The Morgan fingerprint density at radius 1 is 1.27 bits per heavy atom. The average Bonchev–Trinajstić information content (AvgIpc) is 2.81. The van der Waals surface area contributed by atoms with Gasteiger partial charge >= 0.3 is 0 Å². The topological polar surface area (TPSA) is 97.2 Å². The largest absolute Gasteiger partial charge is 0.498 e. The smallest absolute Gasteiger partial charge is 0.262 e. The molecule has 0 bridgehead atoms. The van der Waals surface area contributed by atoms with Crippen molar-refractivity contribution in [1.82, 2.24) is 9.55 Å². The van der Waals surface area contributed by atoms with E-state index in [0.717, 1.165) is 12.8 Å². The first-order valence-corrected chi connectivity index (χ1v) is 10.7. The number of nitriles is 1. The van der Waals surface area contributed by atoms with E-state index in [1.165, 1.54) is 29.9 Å². The maximum Gasteiger partial charge on any atom is 0.262 e. The van der Waals surface area contributed by atoms with Crippen molar-refractivity contribution in [3.05, 3.63) is 63.4 Å². The van der Waals surface area contributed by atoms with E-state index in [9.17, 15) is 13.6 Å². The van der Waals surface area contributed by atoms with Crippen LogP contribution in [0.1, 0.15) is 30.4 Å². The van der Waals surface area contributed by atoms with Crippen LogP contribution in [0.25, 0.3) is 16.8 Å². The van der Waals surface area contributed by atoms with Gasteiger partial charge in [0.25, 0.3) is 5.56 Å². The Hall–Kier alpha value is -3.51. The summed E-state index contributed by atoms with van der Waals surface area (Å²) in [7, 11) is 3.01. The molecule has 0 saturated carbocycles. The van der Waals surface area contributed by atoms with Gasteiger partial charge in [-0.1, -0.05) is 12.1 Å². The molecule has 1 aromatic heterocycles. The number of nitrogens with two attached hydrogens (primary N) is 1. The zero-order valence-corrected chi connectivity index (χ0v) is 18.5. The predicted octanol–water partition coefficient (Wildman–Crippen LogP) is 3.04. The second-order valence-electron chi connectivity index (χ2n) is 8.27. The maximum absolute atomic E-state index is 14.6. The number of methoxy groups -OCH3 is 1. The Balaban J connectivity index is 1.92. The Morgan fingerprint density at radius 3 is 2.61 bits per heavy atom. The fourth-order valence-corrected chi connectivity index (χ4v) is 4.25. The van der Waals surface area contributed by atoms with Crippen LogP contribution in [0, 0.1) is 17.1 Å². The van der Waals surface area contributed by atoms with E-state index in [4.69, 9.17) is 20.7 Å². The summed E-state index contributed by atoms with van der Waals surface area (Å²) in [6.45, 7) is 1.27. The highest BCUT2D eigenvalue weighted by atomic mass is 19.1. The van der Waals surface area contributed by atoms with Crippen molar-refractivity contribution in [2.24, 2.45) is 12.8 Å². The fraction of sp³-hybridized carbons (Fsp3) is 0.375. The highest BCUT2D eigenvalue weighted by molar-refractivity contribution is 5.81. The summed E-state index contributed by atoms with van der Waals surface area (Å²) in [6.07, 6.45) is 3.17. The zero-order valence-electron chi connectivity index (χ0n) is 18.5. The van der Waals surface area contributed by atoms with Gasteiger partial charge in [-0.25, -0.2) is 13.8 Å². The van der Waals surface area contributed by atoms with Crippen molar-refractivity contribution in [1.29, 1.82) is 5.26 Å². The quantitative estimate of drug-likeness (QED) is 0.764. The summed E-state index contributed by atoms with van der Waals surface area (Å²) in [5.41, 5.74) is 6.79. The van der Waals surface area contributed by atoms with Gasteiger partial charge < -0.3 is 15.4 Å². The molecule has 1 aliphatic heterocycles. The van der Waals surface area contributed by atoms with Crippen LogP contribution in [0.3, 0.4) is 0 Å². The average molecular weight is 453 g/mol. The third kappa shape index (κ3) is 4.26. The molecule has 1 aliphatic carbocycles. The molecule has 4 rings (SSSR count). The lowest BCUT2D eigenvalue weighted by Gasteiger charge is -2.32. The standard InChI is InChI=1S/C24H25F2N5O2/c1-30-23(32)21(14-5-6-20(33-2)19(26)11-14)22(15-3-4-16(13-27)18(25)12-15)29-24(30)31-9-7-17(28)8-10-31/h3-6,12,17,19H,7-11,28H2,1-2H3. The highest BCUT2D eigenvalue weighted by Gasteiger charge is 2.28. The molecule has 2 heterocycles. The molecule has 0 amide bonds. The molecule has 0 spiro atoms. The summed E-state index contributed by atoms with van der Waals surface area (Å²) in [5, 5.41) is 9.09. The minimum absolute atomic E-state index is 0.0692. The van der Waals surface area contributed by atoms with E-state index < -0.39 is 12.0 Å². The molecule has 1 unspecified atom stereocenters. The van der Waals surface area contributed by atoms with Gasteiger partial charge in [0, 0.05) is 38.2 Å². The lowest BCUT2D eigenvalue weighted by molar-refractivity contribution is 0.205. The van der Waals surface area contributed by atoms with Gasteiger partial charge in [-0.05, 0) is 36.6 Å². The third-order valence-corrected chi connectivity index (χ3v) is 6.17. The van der Waals surface area contributed by atoms with Gasteiger partial charge in [0.15, 0.2) is 6.17 Å². The molecule has 2 aromatic rings. The van der Waals surface area contributed by atoms with E-state index in [-0.39, 0.29) is 40.6 Å². The van der Waals surface area contributed by atoms with Gasteiger partial charge in [0.05, 0.1) is 23.9 Å². The Kier molecular flexibility index (Phi) is 6.29. The van der Waals surface area contributed by atoms with Crippen LogP contribution >= 0.6 is 0 Å². The molecule has 1 aromatic carbocycles. The summed E-state index contributed by atoms with van der Waals surface area (Å²) in [6, 6.07) is 5.98. The number of benzene rings is 1. The van der Waals surface area contributed by atoms with E-state index >= 15 is 0 Å². The Morgan fingerprint density at radius 2 is 2.00 bits per heavy atom. The van der Waals surface area contributed by atoms with E-state index in [1.54, 1.807) is 25.3 Å². The minimum atomic E-state index is -1.41. The SMILES string of the molecule is COC1=CC=C(c2c(-c3ccc(C#N)c(F)c3)nc(N3CCC(N)CC3)n(C)c2=O)CC1F. The lowest BCUT2D eigenvalue weighted by atomic mass is 9.92. The number of alkyl halides is 1. The van der Waals surface area contributed by atoms with E-state index in [0.29, 0.717) is 30.2 Å². The van der Waals surface area contributed by atoms with Gasteiger partial charge in [0.2, 0.25) is 5.95 Å². The van der Waals surface area contributed by atoms with Gasteiger partial charge in [0.1, 0.15) is 17.6 Å². The Bertz CT molecular complexity index is 1240. The molecule has 9 heteroatoms. The summed E-state index contributed by atoms with van der Waals surface area (Å²) in [5.74, 6) is -0.0935. The fourth-order valence-electron chi connectivity index (χ4n) is 4.25. The first kappa shape index (κ1) is 22.7. The number of anilines is 1. The highest BCUT2D eigenvalue weighted by Crippen LogP contribution is 2.34. The minimum Gasteiger partial charge on any atom is -0.498 e. The van der Waals surface area contributed by atoms with Crippen molar-refractivity contribution in [2.45, 2.75) is 31.5 Å².